The number of nitrogens with zero attached hydrogens (tertiary/aromatic N) is 1. The molecule has 110 valence electrons. The Kier molecular flexibility index (Phi) is 5.50. The Morgan fingerprint density at radius 3 is 2.21 bits per heavy atom. The highest BCUT2D eigenvalue weighted by Crippen LogP contribution is 2.23. The van der Waals surface area contributed by atoms with Gasteiger partial charge in [0.1, 0.15) is 0 Å². The van der Waals surface area contributed by atoms with Gasteiger partial charge in [-0.25, -0.2) is 0 Å². The fraction of sp³-hybridized carbons (Fsp3) is 0.636. The minimum absolute atomic E-state index is 0.193. The van der Waals surface area contributed by atoms with Crippen LogP contribution in [-0.4, -0.2) is 58.4 Å². The first-order valence-electron chi connectivity index (χ1n) is 5.82. The molecule has 19 heavy (non-hydrogen) atoms. The maximum Gasteiger partial charge on any atom is 0.264 e. The molecule has 0 saturated carbocycles. The summed E-state index contributed by atoms with van der Waals surface area (Å²) in [6.45, 7) is -0.989. The first-order chi connectivity index (χ1) is 8.88. The standard InChI is InChI=1S/C11H19NO6S/c13-7-11(8-14,9-15)10-3-1-4-12(10)5-2-6-19(16,17)18/h1,3-4,13-15H,2,5-9H2,(H,16,17,18). The number of hydrogen-bond acceptors (Lipinski definition) is 5. The van der Waals surface area contributed by atoms with E-state index in [1.165, 1.54) is 0 Å². The van der Waals surface area contributed by atoms with Crippen molar-refractivity contribution in [2.45, 2.75) is 18.4 Å². The summed E-state index contributed by atoms with van der Waals surface area (Å²) in [5.74, 6) is -0.366. The molecule has 0 amide bonds. The van der Waals surface area contributed by atoms with Crippen molar-refractivity contribution in [2.75, 3.05) is 25.6 Å². The number of aryl methyl sites for hydroxylation is 1. The Morgan fingerprint density at radius 2 is 1.74 bits per heavy atom. The minimum atomic E-state index is -4.00. The molecule has 1 rings (SSSR count). The van der Waals surface area contributed by atoms with E-state index < -0.39 is 35.4 Å². The molecule has 1 heterocycles. The lowest BCUT2D eigenvalue weighted by Crippen LogP contribution is -2.40. The van der Waals surface area contributed by atoms with Gasteiger partial charge in [0, 0.05) is 18.4 Å². The molecule has 8 heteroatoms. The zero-order valence-corrected chi connectivity index (χ0v) is 11.3. The molecular formula is C11H19NO6S. The van der Waals surface area contributed by atoms with Gasteiger partial charge in [0.2, 0.25) is 0 Å². The summed E-state index contributed by atoms with van der Waals surface area (Å²) in [4.78, 5) is 0. The molecule has 0 radical (unpaired) electrons. The normalized spacial score (nSPS) is 12.8. The minimum Gasteiger partial charge on any atom is -0.395 e. The van der Waals surface area contributed by atoms with Gasteiger partial charge in [-0.3, -0.25) is 4.55 Å². The summed E-state index contributed by atoms with van der Waals surface area (Å²) < 4.78 is 31.6. The largest absolute Gasteiger partial charge is 0.395 e. The lowest BCUT2D eigenvalue weighted by Gasteiger charge is -2.29. The van der Waals surface area contributed by atoms with E-state index in [1.54, 1.807) is 22.9 Å². The monoisotopic (exact) mass is 293 g/mol. The molecule has 0 unspecified atom stereocenters. The average molecular weight is 293 g/mol. The van der Waals surface area contributed by atoms with Crippen LogP contribution in [0.3, 0.4) is 0 Å². The van der Waals surface area contributed by atoms with Crippen molar-refractivity contribution < 1.29 is 28.3 Å². The van der Waals surface area contributed by atoms with Crippen LogP contribution in [0, 0.1) is 0 Å². The van der Waals surface area contributed by atoms with Gasteiger partial charge in [-0.2, -0.15) is 8.42 Å². The predicted octanol–water partition coefficient (Wildman–Crippen LogP) is -1.02. The summed E-state index contributed by atoms with van der Waals surface area (Å²) in [6, 6.07) is 3.33. The maximum absolute atomic E-state index is 10.6. The number of aliphatic hydroxyl groups is 3. The van der Waals surface area contributed by atoms with Gasteiger partial charge in [0.05, 0.1) is 31.0 Å². The zero-order chi connectivity index (χ0) is 14.5. The maximum atomic E-state index is 10.6. The molecule has 0 aliphatic heterocycles. The molecule has 4 N–H and O–H groups in total. The number of rotatable bonds is 8. The molecule has 0 bridgehead atoms. The second-order valence-corrected chi connectivity index (χ2v) is 6.05. The van der Waals surface area contributed by atoms with Crippen molar-refractivity contribution in [1.29, 1.82) is 0 Å². The van der Waals surface area contributed by atoms with Gasteiger partial charge in [0.25, 0.3) is 10.1 Å². The predicted molar refractivity (Wildman–Crippen MR) is 68.4 cm³/mol. The summed E-state index contributed by atoms with van der Waals surface area (Å²) >= 11 is 0. The van der Waals surface area contributed by atoms with Gasteiger partial charge >= 0.3 is 0 Å². The average Bonchev–Trinajstić information content (AvgIpc) is 2.80. The van der Waals surface area contributed by atoms with Crippen LogP contribution < -0.4 is 0 Å². The van der Waals surface area contributed by atoms with Crippen LogP contribution in [0.2, 0.25) is 0 Å². The summed E-state index contributed by atoms with van der Waals surface area (Å²) in [6.07, 6.45) is 1.86. The van der Waals surface area contributed by atoms with Crippen LogP contribution >= 0.6 is 0 Å². The summed E-state index contributed by atoms with van der Waals surface area (Å²) in [5, 5.41) is 28.1. The van der Waals surface area contributed by atoms with E-state index >= 15 is 0 Å². The van der Waals surface area contributed by atoms with Crippen molar-refractivity contribution >= 4 is 10.1 Å². The fourth-order valence-electron chi connectivity index (χ4n) is 1.90. The number of aromatic nitrogens is 1. The number of aliphatic hydroxyl groups excluding tert-OH is 3. The molecule has 0 aliphatic carbocycles. The van der Waals surface area contributed by atoms with Gasteiger partial charge in [-0.1, -0.05) is 0 Å². The topological polar surface area (TPSA) is 120 Å². The smallest absolute Gasteiger partial charge is 0.264 e. The molecular weight excluding hydrogens is 274 g/mol. The van der Waals surface area contributed by atoms with Gasteiger partial charge in [0.15, 0.2) is 0 Å². The van der Waals surface area contributed by atoms with E-state index in [1.807, 2.05) is 0 Å². The second-order valence-electron chi connectivity index (χ2n) is 4.48. The third-order valence-electron chi connectivity index (χ3n) is 3.08. The first-order valence-corrected chi connectivity index (χ1v) is 7.43. The molecule has 1 aromatic rings. The highest BCUT2D eigenvalue weighted by molar-refractivity contribution is 7.85. The van der Waals surface area contributed by atoms with Crippen LogP contribution in [0.1, 0.15) is 12.1 Å². The molecule has 0 aromatic carbocycles. The first kappa shape index (κ1) is 16.1. The van der Waals surface area contributed by atoms with Crippen LogP contribution in [-0.2, 0) is 22.1 Å². The Bertz CT molecular complexity index is 483. The van der Waals surface area contributed by atoms with Crippen molar-refractivity contribution in [1.82, 2.24) is 4.57 Å². The Morgan fingerprint density at radius 1 is 1.16 bits per heavy atom. The molecule has 0 fully saturated rings. The van der Waals surface area contributed by atoms with Crippen LogP contribution in [0.4, 0.5) is 0 Å². The second kappa shape index (κ2) is 6.49. The van der Waals surface area contributed by atoms with E-state index in [-0.39, 0.29) is 12.2 Å². The highest BCUT2D eigenvalue weighted by Gasteiger charge is 2.33. The van der Waals surface area contributed by atoms with Crippen LogP contribution in [0.25, 0.3) is 0 Å². The molecule has 0 atom stereocenters. The third-order valence-corrected chi connectivity index (χ3v) is 3.89. The molecule has 7 nitrogen and oxygen atoms in total. The number of hydrogen-bond donors (Lipinski definition) is 4. The van der Waals surface area contributed by atoms with Crippen molar-refractivity contribution in [3.05, 3.63) is 24.0 Å². The lowest BCUT2D eigenvalue weighted by molar-refractivity contribution is 0.0589. The Hall–Kier alpha value is -0.930. The van der Waals surface area contributed by atoms with Crippen LogP contribution in [0.5, 0.6) is 0 Å². The molecule has 0 aliphatic rings. The molecule has 0 spiro atoms. The quantitative estimate of drug-likeness (QED) is 0.455. The summed E-state index contributed by atoms with van der Waals surface area (Å²) in [5.41, 5.74) is -0.642. The van der Waals surface area contributed by atoms with Gasteiger partial charge in [-0.05, 0) is 18.6 Å². The van der Waals surface area contributed by atoms with Gasteiger partial charge < -0.3 is 19.9 Å². The van der Waals surface area contributed by atoms with Crippen molar-refractivity contribution in [3.63, 3.8) is 0 Å². The van der Waals surface area contributed by atoms with E-state index in [4.69, 9.17) is 4.55 Å². The summed E-state index contributed by atoms with van der Waals surface area (Å²) in [7, 11) is -4.00. The van der Waals surface area contributed by atoms with E-state index in [0.29, 0.717) is 12.2 Å². The van der Waals surface area contributed by atoms with Crippen LogP contribution in [0.15, 0.2) is 18.3 Å². The zero-order valence-electron chi connectivity index (χ0n) is 10.4. The fourth-order valence-corrected chi connectivity index (χ4v) is 2.39. The Labute approximate surface area is 111 Å². The van der Waals surface area contributed by atoms with Crippen molar-refractivity contribution in [2.24, 2.45) is 0 Å². The molecule has 1 aromatic heterocycles. The van der Waals surface area contributed by atoms with Gasteiger partial charge in [-0.15, -0.1) is 0 Å². The van der Waals surface area contributed by atoms with E-state index in [0.717, 1.165) is 0 Å². The van der Waals surface area contributed by atoms with E-state index in [2.05, 4.69) is 0 Å². The lowest BCUT2D eigenvalue weighted by atomic mass is 9.87. The highest BCUT2D eigenvalue weighted by atomic mass is 32.2. The molecule has 0 saturated heterocycles. The Balaban J connectivity index is 2.85. The SMILES string of the molecule is O=S(=O)(O)CCCn1cccc1C(CO)(CO)CO. The van der Waals surface area contributed by atoms with Crippen molar-refractivity contribution in [3.8, 4) is 0 Å². The van der Waals surface area contributed by atoms with E-state index in [9.17, 15) is 23.7 Å². The third kappa shape index (κ3) is 4.02.